The maximum atomic E-state index is 6.13. The molecule has 1 aromatic carbocycles. The summed E-state index contributed by atoms with van der Waals surface area (Å²) in [5.41, 5.74) is 8.16. The van der Waals surface area contributed by atoms with Gasteiger partial charge in [0.15, 0.2) is 5.13 Å². The second-order valence-corrected chi connectivity index (χ2v) is 8.50. The minimum Gasteiger partial charge on any atom is -0.490 e. The van der Waals surface area contributed by atoms with Crippen molar-refractivity contribution >= 4 is 33.9 Å². The van der Waals surface area contributed by atoms with E-state index in [0.29, 0.717) is 17.3 Å². The number of ether oxygens (including phenoxy) is 1. The minimum absolute atomic E-state index is 0.348. The third-order valence-electron chi connectivity index (χ3n) is 4.77. The van der Waals surface area contributed by atoms with Crippen molar-refractivity contribution in [2.75, 3.05) is 28.7 Å². The molecule has 2 saturated heterocycles. The van der Waals surface area contributed by atoms with Gasteiger partial charge in [-0.2, -0.15) is 11.8 Å². The number of nitrogens with zero attached hydrogens (tertiary/aromatic N) is 2. The first kappa shape index (κ1) is 16.1. The second-order valence-electron chi connectivity index (χ2n) is 6.39. The van der Waals surface area contributed by atoms with Crippen molar-refractivity contribution in [3.63, 3.8) is 0 Å². The Balaban J connectivity index is 1.45. The van der Waals surface area contributed by atoms with Gasteiger partial charge in [0.25, 0.3) is 0 Å². The Labute approximate surface area is 151 Å². The number of rotatable bonds is 4. The summed E-state index contributed by atoms with van der Waals surface area (Å²) in [6.45, 7) is 1.07. The highest BCUT2D eigenvalue weighted by Gasteiger charge is 2.28. The molecule has 0 saturated carbocycles. The Kier molecular flexibility index (Phi) is 4.85. The lowest BCUT2D eigenvalue weighted by Gasteiger charge is -2.26. The zero-order valence-corrected chi connectivity index (χ0v) is 15.3. The molecular weight excluding hydrogens is 338 g/mol. The van der Waals surface area contributed by atoms with Crippen molar-refractivity contribution in [2.45, 2.75) is 37.8 Å². The zero-order chi connectivity index (χ0) is 16.4. The molecule has 4 nitrogen and oxygen atoms in total. The standard InChI is InChI=1S/C18H23N3OS2/c19-18-20-16(12-24-18)17-2-1-9-21(17)13-3-5-14(6-4-13)22-15-7-10-23-11-8-15/h3-6,12,15,17H,1-2,7-11H2,(H2,19,20)/t17-/m1/s1. The largest absolute Gasteiger partial charge is 0.490 e. The molecule has 4 rings (SSSR count). The molecule has 2 fully saturated rings. The van der Waals surface area contributed by atoms with Gasteiger partial charge in [0.05, 0.1) is 11.7 Å². The molecule has 1 aromatic heterocycles. The fourth-order valence-electron chi connectivity index (χ4n) is 3.54. The van der Waals surface area contributed by atoms with E-state index >= 15 is 0 Å². The highest BCUT2D eigenvalue weighted by Crippen LogP contribution is 2.37. The fraction of sp³-hybridized carbons (Fsp3) is 0.500. The van der Waals surface area contributed by atoms with Crippen LogP contribution in [-0.4, -0.2) is 29.1 Å². The first-order valence-corrected chi connectivity index (χ1v) is 10.6. The van der Waals surface area contributed by atoms with Crippen molar-refractivity contribution in [3.8, 4) is 5.75 Å². The molecule has 6 heteroatoms. The maximum absolute atomic E-state index is 6.13. The van der Waals surface area contributed by atoms with Crippen LogP contribution in [0.25, 0.3) is 0 Å². The first-order valence-electron chi connectivity index (χ1n) is 8.61. The van der Waals surface area contributed by atoms with Gasteiger partial charge < -0.3 is 15.4 Å². The summed E-state index contributed by atoms with van der Waals surface area (Å²) in [6.07, 6.45) is 5.04. The number of aromatic nitrogens is 1. The van der Waals surface area contributed by atoms with Crippen LogP contribution in [0.4, 0.5) is 10.8 Å². The monoisotopic (exact) mass is 361 g/mol. The summed E-state index contributed by atoms with van der Waals surface area (Å²) < 4.78 is 6.13. The van der Waals surface area contributed by atoms with Crippen LogP contribution in [0, 0.1) is 0 Å². The van der Waals surface area contributed by atoms with E-state index in [2.05, 4.69) is 39.5 Å². The van der Waals surface area contributed by atoms with Crippen LogP contribution in [0.2, 0.25) is 0 Å². The van der Waals surface area contributed by atoms with Crippen LogP contribution in [0.3, 0.4) is 0 Å². The average Bonchev–Trinajstić information content (AvgIpc) is 3.25. The average molecular weight is 362 g/mol. The van der Waals surface area contributed by atoms with Crippen LogP contribution >= 0.6 is 23.1 Å². The number of hydrogen-bond acceptors (Lipinski definition) is 6. The summed E-state index contributed by atoms with van der Waals surface area (Å²) in [7, 11) is 0. The summed E-state index contributed by atoms with van der Waals surface area (Å²) in [6, 6.07) is 8.94. The van der Waals surface area contributed by atoms with Gasteiger partial charge >= 0.3 is 0 Å². The van der Waals surface area contributed by atoms with E-state index in [4.69, 9.17) is 10.5 Å². The van der Waals surface area contributed by atoms with Crippen LogP contribution in [0.1, 0.15) is 37.4 Å². The van der Waals surface area contributed by atoms with E-state index in [1.54, 1.807) is 0 Å². The third kappa shape index (κ3) is 3.49. The molecule has 128 valence electrons. The molecule has 0 bridgehead atoms. The van der Waals surface area contributed by atoms with Gasteiger partial charge in [0.2, 0.25) is 0 Å². The zero-order valence-electron chi connectivity index (χ0n) is 13.7. The molecule has 0 spiro atoms. The lowest BCUT2D eigenvalue weighted by Crippen LogP contribution is -2.23. The van der Waals surface area contributed by atoms with Crippen LogP contribution in [0.5, 0.6) is 5.75 Å². The van der Waals surface area contributed by atoms with Crippen LogP contribution in [-0.2, 0) is 0 Å². The highest BCUT2D eigenvalue weighted by molar-refractivity contribution is 7.99. The molecule has 2 N–H and O–H groups in total. The van der Waals surface area contributed by atoms with E-state index in [-0.39, 0.29) is 0 Å². The van der Waals surface area contributed by atoms with E-state index in [0.717, 1.165) is 37.3 Å². The molecule has 24 heavy (non-hydrogen) atoms. The maximum Gasteiger partial charge on any atom is 0.180 e. The number of thioether (sulfide) groups is 1. The number of anilines is 2. The SMILES string of the molecule is Nc1nc([C@H]2CCCN2c2ccc(OC3CCSCC3)cc2)cs1. The second kappa shape index (κ2) is 7.23. The summed E-state index contributed by atoms with van der Waals surface area (Å²) in [5.74, 6) is 3.42. The van der Waals surface area contributed by atoms with Crippen molar-refractivity contribution in [1.82, 2.24) is 4.98 Å². The van der Waals surface area contributed by atoms with E-state index in [1.807, 2.05) is 11.8 Å². The molecule has 2 aliphatic heterocycles. The summed E-state index contributed by atoms with van der Waals surface area (Å²) >= 11 is 3.56. The highest BCUT2D eigenvalue weighted by atomic mass is 32.2. The van der Waals surface area contributed by atoms with Gasteiger partial charge in [-0.25, -0.2) is 4.98 Å². The normalized spacial score (nSPS) is 22.0. The molecule has 3 heterocycles. The Hall–Kier alpha value is -1.40. The fourth-order valence-corrected chi connectivity index (χ4v) is 5.21. The van der Waals surface area contributed by atoms with Crippen LogP contribution in [0.15, 0.2) is 29.6 Å². The molecule has 2 aliphatic rings. The van der Waals surface area contributed by atoms with Crippen molar-refractivity contribution < 1.29 is 4.74 Å². The number of hydrogen-bond donors (Lipinski definition) is 1. The quantitative estimate of drug-likeness (QED) is 0.878. The van der Waals surface area contributed by atoms with Gasteiger partial charge in [-0.15, -0.1) is 11.3 Å². The lowest BCUT2D eigenvalue weighted by atomic mass is 10.1. The molecule has 0 aliphatic carbocycles. The molecule has 0 radical (unpaired) electrons. The molecule has 2 aromatic rings. The van der Waals surface area contributed by atoms with Crippen molar-refractivity contribution in [2.24, 2.45) is 0 Å². The van der Waals surface area contributed by atoms with Crippen molar-refractivity contribution in [1.29, 1.82) is 0 Å². The molecular formula is C18H23N3OS2. The Morgan fingerprint density at radius 3 is 2.62 bits per heavy atom. The smallest absolute Gasteiger partial charge is 0.180 e. The molecule has 0 amide bonds. The summed E-state index contributed by atoms with van der Waals surface area (Å²) in [4.78, 5) is 6.93. The number of nitrogen functional groups attached to an aromatic ring is 1. The van der Waals surface area contributed by atoms with Gasteiger partial charge in [0.1, 0.15) is 11.9 Å². The van der Waals surface area contributed by atoms with Crippen molar-refractivity contribution in [3.05, 3.63) is 35.3 Å². The Bertz CT molecular complexity index is 667. The van der Waals surface area contributed by atoms with Gasteiger partial charge in [-0.05, 0) is 61.5 Å². The van der Waals surface area contributed by atoms with E-state index in [1.165, 1.54) is 35.0 Å². The lowest BCUT2D eigenvalue weighted by molar-refractivity contribution is 0.192. The molecule has 0 unspecified atom stereocenters. The number of benzene rings is 1. The van der Waals surface area contributed by atoms with Gasteiger partial charge in [0, 0.05) is 17.6 Å². The Morgan fingerprint density at radius 1 is 1.12 bits per heavy atom. The Morgan fingerprint density at radius 2 is 1.92 bits per heavy atom. The number of nitrogens with two attached hydrogens (primary N) is 1. The first-order chi connectivity index (χ1) is 11.8. The van der Waals surface area contributed by atoms with E-state index in [9.17, 15) is 0 Å². The third-order valence-corrected chi connectivity index (χ3v) is 6.51. The van der Waals surface area contributed by atoms with Crippen LogP contribution < -0.4 is 15.4 Å². The van der Waals surface area contributed by atoms with E-state index < -0.39 is 0 Å². The van der Waals surface area contributed by atoms with Gasteiger partial charge in [-0.1, -0.05) is 0 Å². The minimum atomic E-state index is 0.348. The number of thiazole rings is 1. The topological polar surface area (TPSA) is 51.4 Å². The van der Waals surface area contributed by atoms with Gasteiger partial charge in [-0.3, -0.25) is 0 Å². The molecule has 1 atom stereocenters. The predicted molar refractivity (Wildman–Crippen MR) is 103 cm³/mol. The summed E-state index contributed by atoms with van der Waals surface area (Å²) in [5, 5.41) is 2.75. The predicted octanol–water partition coefficient (Wildman–Crippen LogP) is 4.34.